The first-order valence-electron chi connectivity index (χ1n) is 2.93. The number of carboxylic acids is 1. The van der Waals surface area contributed by atoms with Gasteiger partial charge in [0.05, 0.1) is 5.97 Å². The minimum atomic E-state index is -1.30. The molecule has 0 radical (unpaired) electrons. The van der Waals surface area contributed by atoms with Crippen molar-refractivity contribution in [3.8, 4) is 5.75 Å². The molecule has 4 nitrogen and oxygen atoms in total. The number of carboxylic acid groups (broad SMARTS) is 1. The smallest absolute Gasteiger partial charge is 0.545 e. The third kappa shape index (κ3) is 2.35. The van der Waals surface area contributed by atoms with Crippen molar-refractivity contribution >= 4 is 5.97 Å². The number of benzene rings is 1. The number of hydrogen-bond donors (Lipinski definition) is 1. The van der Waals surface area contributed by atoms with Crippen molar-refractivity contribution in [3.63, 3.8) is 0 Å². The van der Waals surface area contributed by atoms with Gasteiger partial charge in [0.15, 0.2) is 5.75 Å². The number of rotatable bonds is 2. The summed E-state index contributed by atoms with van der Waals surface area (Å²) in [6, 6.07) is 5.99. The summed E-state index contributed by atoms with van der Waals surface area (Å²) in [6.45, 7) is 0. The van der Waals surface area contributed by atoms with Gasteiger partial charge in [0, 0.05) is 5.56 Å². The van der Waals surface area contributed by atoms with Gasteiger partial charge in [-0.15, -0.1) is 0 Å². The van der Waals surface area contributed by atoms with Crippen LogP contribution in [0.2, 0.25) is 0 Å². The van der Waals surface area contributed by atoms with Crippen LogP contribution >= 0.6 is 0 Å². The summed E-state index contributed by atoms with van der Waals surface area (Å²) in [6.07, 6.45) is 0. The van der Waals surface area contributed by atoms with Crippen LogP contribution < -0.4 is 15.8 Å². The molecule has 0 aliphatic rings. The third-order valence-corrected chi connectivity index (χ3v) is 1.23. The van der Waals surface area contributed by atoms with E-state index in [0.717, 1.165) is 0 Å². The Morgan fingerprint density at radius 3 is 2.42 bits per heavy atom. The standard InChI is InChI=1S/C7H7NO3.Ag/c8-11-6-4-2-1-3-5(6)7(9)10;/h1-4H,8H2,(H,9,10);/q;+1/p-1. The zero-order valence-electron chi connectivity index (χ0n) is 5.91. The SMILES string of the molecule is NOc1ccccc1C(=O)[O-].[Ag+]. The second-order valence-electron chi connectivity index (χ2n) is 1.90. The molecule has 1 rings (SSSR count). The molecule has 1 aromatic rings. The van der Waals surface area contributed by atoms with Gasteiger partial charge in [-0.25, -0.2) is 0 Å². The fourth-order valence-corrected chi connectivity index (χ4v) is 0.738. The fourth-order valence-electron chi connectivity index (χ4n) is 0.738. The quantitative estimate of drug-likeness (QED) is 0.563. The van der Waals surface area contributed by atoms with Gasteiger partial charge < -0.3 is 14.7 Å². The maximum atomic E-state index is 10.3. The molecule has 0 fully saturated rings. The van der Waals surface area contributed by atoms with E-state index in [2.05, 4.69) is 4.84 Å². The molecule has 0 amide bonds. The Morgan fingerprint density at radius 2 is 2.00 bits per heavy atom. The molecule has 0 bridgehead atoms. The molecule has 0 heterocycles. The van der Waals surface area contributed by atoms with Crippen LogP contribution in [0, 0.1) is 0 Å². The van der Waals surface area contributed by atoms with Gasteiger partial charge in [0.25, 0.3) is 0 Å². The Labute approximate surface area is 84.8 Å². The Balaban J connectivity index is 0.00000121. The molecule has 0 aromatic heterocycles. The molecule has 0 aliphatic heterocycles. The van der Waals surface area contributed by atoms with Crippen LogP contribution in [0.5, 0.6) is 5.75 Å². The molecular weight excluding hydrogens is 254 g/mol. The van der Waals surface area contributed by atoms with Crippen LogP contribution in [-0.2, 0) is 22.4 Å². The van der Waals surface area contributed by atoms with E-state index in [1.807, 2.05) is 0 Å². The first-order chi connectivity index (χ1) is 5.25. The first-order valence-corrected chi connectivity index (χ1v) is 2.93. The Bertz CT molecular complexity index is 277. The van der Waals surface area contributed by atoms with Crippen molar-refractivity contribution in [1.29, 1.82) is 0 Å². The van der Waals surface area contributed by atoms with Crippen LogP contribution in [-0.4, -0.2) is 5.97 Å². The van der Waals surface area contributed by atoms with Crippen LogP contribution in [0.25, 0.3) is 0 Å². The summed E-state index contributed by atoms with van der Waals surface area (Å²) < 4.78 is 0. The molecule has 68 valence electrons. The molecule has 0 aliphatic carbocycles. The Morgan fingerprint density at radius 1 is 1.42 bits per heavy atom. The summed E-state index contributed by atoms with van der Waals surface area (Å²) in [4.78, 5) is 14.6. The minimum absolute atomic E-state index is 0. The van der Waals surface area contributed by atoms with E-state index >= 15 is 0 Å². The van der Waals surface area contributed by atoms with Crippen LogP contribution in [0.1, 0.15) is 10.4 Å². The number of carbonyl (C=O) groups excluding carboxylic acids is 1. The summed E-state index contributed by atoms with van der Waals surface area (Å²) in [5.41, 5.74) is -0.0463. The maximum Gasteiger partial charge on any atom is 1.00 e. The number of nitrogens with two attached hydrogens (primary N) is 1. The van der Waals surface area contributed by atoms with E-state index in [1.165, 1.54) is 12.1 Å². The average Bonchev–Trinajstić information content (AvgIpc) is 2.04. The second kappa shape index (κ2) is 4.95. The molecular formula is C7H6AgNO3. The normalized spacial score (nSPS) is 8.42. The molecule has 5 heteroatoms. The predicted molar refractivity (Wildman–Crippen MR) is 35.6 cm³/mol. The molecule has 0 saturated heterocycles. The van der Waals surface area contributed by atoms with Gasteiger partial charge in [-0.1, -0.05) is 12.1 Å². The topological polar surface area (TPSA) is 75.4 Å². The van der Waals surface area contributed by atoms with E-state index in [-0.39, 0.29) is 33.7 Å². The van der Waals surface area contributed by atoms with E-state index in [1.54, 1.807) is 12.1 Å². The van der Waals surface area contributed by atoms with E-state index in [4.69, 9.17) is 5.90 Å². The first kappa shape index (κ1) is 11.2. The maximum absolute atomic E-state index is 10.3. The molecule has 0 saturated carbocycles. The van der Waals surface area contributed by atoms with Gasteiger partial charge in [-0.3, -0.25) is 0 Å². The van der Waals surface area contributed by atoms with Gasteiger partial charge in [-0.2, -0.15) is 5.90 Å². The molecule has 0 spiro atoms. The van der Waals surface area contributed by atoms with Crippen LogP contribution in [0.4, 0.5) is 0 Å². The van der Waals surface area contributed by atoms with Gasteiger partial charge in [-0.05, 0) is 12.1 Å². The predicted octanol–water partition coefficient (Wildman–Crippen LogP) is -0.700. The zero-order valence-corrected chi connectivity index (χ0v) is 7.40. The summed E-state index contributed by atoms with van der Waals surface area (Å²) >= 11 is 0. The second-order valence-corrected chi connectivity index (χ2v) is 1.90. The monoisotopic (exact) mass is 259 g/mol. The molecule has 0 unspecified atom stereocenters. The van der Waals surface area contributed by atoms with Crippen molar-refractivity contribution in [3.05, 3.63) is 29.8 Å². The minimum Gasteiger partial charge on any atom is -0.545 e. The summed E-state index contributed by atoms with van der Waals surface area (Å²) in [5, 5.41) is 10.3. The number of hydrogen-bond acceptors (Lipinski definition) is 4. The van der Waals surface area contributed by atoms with Crippen LogP contribution in [0.15, 0.2) is 24.3 Å². The van der Waals surface area contributed by atoms with Crippen LogP contribution in [0.3, 0.4) is 0 Å². The van der Waals surface area contributed by atoms with E-state index < -0.39 is 5.97 Å². The number of carbonyl (C=O) groups is 1. The largest absolute Gasteiger partial charge is 1.00 e. The van der Waals surface area contributed by atoms with Crippen molar-refractivity contribution in [2.45, 2.75) is 0 Å². The average molecular weight is 260 g/mol. The summed E-state index contributed by atoms with van der Waals surface area (Å²) in [5.74, 6) is 3.60. The Hall–Kier alpha value is -0.810. The van der Waals surface area contributed by atoms with Crippen molar-refractivity contribution in [2.24, 2.45) is 5.90 Å². The third-order valence-electron chi connectivity index (χ3n) is 1.23. The van der Waals surface area contributed by atoms with Gasteiger partial charge in [0.2, 0.25) is 0 Å². The van der Waals surface area contributed by atoms with E-state index in [9.17, 15) is 9.90 Å². The molecule has 12 heavy (non-hydrogen) atoms. The number of para-hydroxylation sites is 1. The van der Waals surface area contributed by atoms with Crippen molar-refractivity contribution < 1.29 is 37.1 Å². The van der Waals surface area contributed by atoms with Gasteiger partial charge >= 0.3 is 22.4 Å². The van der Waals surface area contributed by atoms with Gasteiger partial charge in [0.1, 0.15) is 0 Å². The zero-order chi connectivity index (χ0) is 8.27. The Kier molecular flexibility index (Phi) is 4.61. The summed E-state index contributed by atoms with van der Waals surface area (Å²) in [7, 11) is 0. The molecule has 0 atom stereocenters. The van der Waals surface area contributed by atoms with E-state index in [0.29, 0.717) is 0 Å². The fraction of sp³-hybridized carbons (Fsp3) is 0. The molecule has 2 N–H and O–H groups in total. The van der Waals surface area contributed by atoms with Crippen molar-refractivity contribution in [2.75, 3.05) is 0 Å². The van der Waals surface area contributed by atoms with Crippen molar-refractivity contribution in [1.82, 2.24) is 0 Å². The molecule has 1 aromatic carbocycles. The number of aromatic carboxylic acids is 1.